The van der Waals surface area contributed by atoms with Gasteiger partial charge in [0.1, 0.15) is 0 Å². The number of piperazine rings is 1. The second-order valence-corrected chi connectivity index (χ2v) is 8.01. The predicted molar refractivity (Wildman–Crippen MR) is 121 cm³/mol. The Morgan fingerprint density at radius 3 is 2.26 bits per heavy atom. The van der Waals surface area contributed by atoms with Crippen LogP contribution in [0.3, 0.4) is 0 Å². The predicted octanol–water partition coefficient (Wildman–Crippen LogP) is 4.05. The summed E-state index contributed by atoms with van der Waals surface area (Å²) in [5.74, 6) is 0.0604. The molecular weight excluding hydrogens is 386 g/mol. The molecule has 5 nitrogen and oxygen atoms in total. The molecule has 2 aromatic carbocycles. The van der Waals surface area contributed by atoms with E-state index in [0.717, 1.165) is 16.8 Å². The average molecular weight is 414 g/mol. The molecule has 1 aromatic heterocycles. The Labute approximate surface area is 183 Å². The van der Waals surface area contributed by atoms with Gasteiger partial charge >= 0.3 is 0 Å². The van der Waals surface area contributed by atoms with Crippen molar-refractivity contribution in [2.24, 2.45) is 0 Å². The summed E-state index contributed by atoms with van der Waals surface area (Å²) in [5, 5.41) is 0. The molecule has 31 heavy (non-hydrogen) atoms. The lowest BCUT2D eigenvalue weighted by Crippen LogP contribution is -2.60. The highest BCUT2D eigenvalue weighted by Crippen LogP contribution is 2.24. The number of benzene rings is 2. The summed E-state index contributed by atoms with van der Waals surface area (Å²) in [5.41, 5.74) is 3.55. The molecule has 0 saturated carbocycles. The summed E-state index contributed by atoms with van der Waals surface area (Å²) in [7, 11) is 0. The fourth-order valence-corrected chi connectivity index (χ4v) is 4.17. The quantitative estimate of drug-likeness (QED) is 0.648. The molecule has 2 atom stereocenters. The van der Waals surface area contributed by atoms with E-state index < -0.39 is 0 Å². The molecule has 0 radical (unpaired) electrons. The van der Waals surface area contributed by atoms with E-state index in [-0.39, 0.29) is 30.3 Å². The van der Waals surface area contributed by atoms with E-state index >= 15 is 0 Å². The van der Waals surface area contributed by atoms with E-state index in [2.05, 4.69) is 4.98 Å². The second kappa shape index (κ2) is 9.13. The van der Waals surface area contributed by atoms with Crippen molar-refractivity contribution >= 4 is 11.8 Å². The van der Waals surface area contributed by atoms with Crippen LogP contribution in [0.25, 0.3) is 11.1 Å². The third-order valence-electron chi connectivity index (χ3n) is 6.12. The van der Waals surface area contributed by atoms with Crippen molar-refractivity contribution in [3.05, 3.63) is 90.3 Å². The minimum Gasteiger partial charge on any atom is -0.336 e. The average Bonchev–Trinajstić information content (AvgIpc) is 2.81. The number of aromatic nitrogens is 1. The SMILES string of the molecule is C[C@@H]1[C@@H](C)N(C(=O)c2cccc(-c3ccccc3)c2)CCN1C(=O)Cc1ccccn1. The summed E-state index contributed by atoms with van der Waals surface area (Å²) >= 11 is 0. The van der Waals surface area contributed by atoms with Gasteiger partial charge in [-0.3, -0.25) is 14.6 Å². The summed E-state index contributed by atoms with van der Waals surface area (Å²) < 4.78 is 0. The third-order valence-corrected chi connectivity index (χ3v) is 6.12. The first-order valence-electron chi connectivity index (χ1n) is 10.7. The van der Waals surface area contributed by atoms with Gasteiger partial charge in [0.25, 0.3) is 5.91 Å². The molecule has 5 heteroatoms. The maximum Gasteiger partial charge on any atom is 0.254 e. The van der Waals surface area contributed by atoms with Crippen LogP contribution in [0, 0.1) is 0 Å². The van der Waals surface area contributed by atoms with Crippen LogP contribution in [0.5, 0.6) is 0 Å². The van der Waals surface area contributed by atoms with Gasteiger partial charge in [0.2, 0.25) is 5.91 Å². The van der Waals surface area contributed by atoms with Crippen LogP contribution in [-0.4, -0.2) is 51.8 Å². The molecule has 0 spiro atoms. The van der Waals surface area contributed by atoms with Crippen LogP contribution in [-0.2, 0) is 11.2 Å². The maximum atomic E-state index is 13.3. The van der Waals surface area contributed by atoms with Gasteiger partial charge in [-0.05, 0) is 49.2 Å². The highest BCUT2D eigenvalue weighted by atomic mass is 16.2. The highest BCUT2D eigenvalue weighted by molar-refractivity contribution is 5.96. The van der Waals surface area contributed by atoms with Gasteiger partial charge in [0.05, 0.1) is 6.42 Å². The minimum absolute atomic E-state index is 0.00829. The molecule has 2 heterocycles. The van der Waals surface area contributed by atoms with E-state index in [1.165, 1.54) is 0 Å². The van der Waals surface area contributed by atoms with Crippen LogP contribution >= 0.6 is 0 Å². The number of rotatable bonds is 4. The Hall–Kier alpha value is -3.47. The molecule has 0 unspecified atom stereocenters. The fraction of sp³-hybridized carbons (Fsp3) is 0.269. The first-order chi connectivity index (χ1) is 15.0. The molecule has 4 rings (SSSR count). The highest BCUT2D eigenvalue weighted by Gasteiger charge is 2.36. The second-order valence-electron chi connectivity index (χ2n) is 8.01. The van der Waals surface area contributed by atoms with Crippen LogP contribution in [0.1, 0.15) is 29.9 Å². The van der Waals surface area contributed by atoms with E-state index in [1.54, 1.807) is 6.20 Å². The number of nitrogens with zero attached hydrogens (tertiary/aromatic N) is 3. The summed E-state index contributed by atoms with van der Waals surface area (Å²) in [6, 6.07) is 23.3. The van der Waals surface area contributed by atoms with Crippen molar-refractivity contribution in [2.75, 3.05) is 13.1 Å². The van der Waals surface area contributed by atoms with Gasteiger partial charge in [0, 0.05) is 42.6 Å². The van der Waals surface area contributed by atoms with Gasteiger partial charge < -0.3 is 9.80 Å². The summed E-state index contributed by atoms with van der Waals surface area (Å²) in [6.45, 7) is 5.08. The van der Waals surface area contributed by atoms with E-state index in [1.807, 2.05) is 96.4 Å². The molecule has 2 amide bonds. The maximum absolute atomic E-state index is 13.3. The van der Waals surface area contributed by atoms with Gasteiger partial charge in [0.15, 0.2) is 0 Å². The number of carbonyl (C=O) groups is 2. The molecule has 1 saturated heterocycles. The molecule has 0 bridgehead atoms. The van der Waals surface area contributed by atoms with Crippen LogP contribution < -0.4 is 0 Å². The number of hydrogen-bond acceptors (Lipinski definition) is 3. The monoisotopic (exact) mass is 413 g/mol. The van der Waals surface area contributed by atoms with Gasteiger partial charge in [-0.1, -0.05) is 48.5 Å². The largest absolute Gasteiger partial charge is 0.336 e. The van der Waals surface area contributed by atoms with Gasteiger partial charge in [-0.2, -0.15) is 0 Å². The lowest BCUT2D eigenvalue weighted by molar-refractivity contribution is -0.136. The lowest BCUT2D eigenvalue weighted by Gasteiger charge is -2.45. The van der Waals surface area contributed by atoms with Crippen LogP contribution in [0.4, 0.5) is 0 Å². The van der Waals surface area contributed by atoms with E-state index in [0.29, 0.717) is 18.7 Å². The Bertz CT molecular complexity index is 1050. The van der Waals surface area contributed by atoms with Gasteiger partial charge in [-0.25, -0.2) is 0 Å². The zero-order valence-corrected chi connectivity index (χ0v) is 17.9. The fourth-order valence-electron chi connectivity index (χ4n) is 4.17. The molecule has 1 aliphatic rings. The molecule has 3 aromatic rings. The molecule has 158 valence electrons. The number of amides is 2. The van der Waals surface area contributed by atoms with Crippen molar-refractivity contribution in [1.29, 1.82) is 0 Å². The topological polar surface area (TPSA) is 53.5 Å². The van der Waals surface area contributed by atoms with Crippen LogP contribution in [0.2, 0.25) is 0 Å². The van der Waals surface area contributed by atoms with Crippen molar-refractivity contribution in [3.8, 4) is 11.1 Å². The first-order valence-corrected chi connectivity index (χ1v) is 10.7. The molecule has 1 fully saturated rings. The Kier molecular flexibility index (Phi) is 6.12. The number of carbonyl (C=O) groups excluding carboxylic acids is 2. The number of pyridine rings is 1. The molecule has 0 N–H and O–H groups in total. The zero-order chi connectivity index (χ0) is 21.8. The number of hydrogen-bond donors (Lipinski definition) is 0. The zero-order valence-electron chi connectivity index (χ0n) is 17.9. The Morgan fingerprint density at radius 2 is 1.52 bits per heavy atom. The van der Waals surface area contributed by atoms with Crippen molar-refractivity contribution in [3.63, 3.8) is 0 Å². The minimum atomic E-state index is -0.0747. The standard InChI is InChI=1S/C26H27N3O2/c1-19-20(2)29(16-15-28(19)25(30)18-24-13-6-7-14-27-24)26(31)23-12-8-11-22(17-23)21-9-4-3-5-10-21/h3-14,17,19-20H,15-16,18H2,1-2H3/t19-,20-/m1/s1. The van der Waals surface area contributed by atoms with Crippen molar-refractivity contribution in [2.45, 2.75) is 32.4 Å². The molecule has 0 aliphatic carbocycles. The first kappa shape index (κ1) is 20.8. The van der Waals surface area contributed by atoms with Crippen LogP contribution in [0.15, 0.2) is 79.0 Å². The van der Waals surface area contributed by atoms with Crippen molar-refractivity contribution < 1.29 is 9.59 Å². The van der Waals surface area contributed by atoms with E-state index in [9.17, 15) is 9.59 Å². The van der Waals surface area contributed by atoms with E-state index in [4.69, 9.17) is 0 Å². The third kappa shape index (κ3) is 4.50. The Morgan fingerprint density at radius 1 is 0.839 bits per heavy atom. The normalized spacial score (nSPS) is 18.6. The summed E-state index contributed by atoms with van der Waals surface area (Å²) in [4.78, 5) is 34.2. The summed E-state index contributed by atoms with van der Waals surface area (Å²) in [6.07, 6.45) is 1.99. The van der Waals surface area contributed by atoms with Gasteiger partial charge in [-0.15, -0.1) is 0 Å². The molecule has 1 aliphatic heterocycles. The molecular formula is C26H27N3O2. The lowest BCUT2D eigenvalue weighted by atomic mass is 10.00. The van der Waals surface area contributed by atoms with Crippen molar-refractivity contribution in [1.82, 2.24) is 14.8 Å². The Balaban J connectivity index is 1.47. The smallest absolute Gasteiger partial charge is 0.254 e.